The van der Waals surface area contributed by atoms with Crippen molar-refractivity contribution in [2.45, 2.75) is 139 Å². The highest BCUT2D eigenvalue weighted by molar-refractivity contribution is 6.06. The molecule has 0 aliphatic heterocycles. The van der Waals surface area contributed by atoms with Crippen molar-refractivity contribution in [3.63, 3.8) is 0 Å². The van der Waals surface area contributed by atoms with Gasteiger partial charge in [0.15, 0.2) is 23.1 Å². The number of aliphatic imine (C=N–C) groups is 4. The van der Waals surface area contributed by atoms with Crippen molar-refractivity contribution in [2.75, 3.05) is 26.2 Å². The number of carbonyl (C=O) groups is 4. The molecule has 9 N–H and O–H groups in total. The number of aryl methyl sites for hydroxylation is 3. The summed E-state index contributed by atoms with van der Waals surface area (Å²) < 4.78 is 0. The van der Waals surface area contributed by atoms with E-state index in [0.717, 1.165) is 22.3 Å². The second kappa shape index (κ2) is 39.4. The van der Waals surface area contributed by atoms with Gasteiger partial charge in [-0.15, -0.1) is 0 Å². The van der Waals surface area contributed by atoms with Gasteiger partial charge >= 0.3 is 0 Å². The van der Waals surface area contributed by atoms with Crippen LogP contribution in [0.3, 0.4) is 0 Å². The molecule has 1 unspecified atom stereocenters. The maximum atomic E-state index is 12.3. The minimum atomic E-state index is -0.0146. The number of Topliss-reactive ketones (excluding diaryl/α,β-unsaturated/α-hetero) is 4. The minimum Gasteiger partial charge on any atom is -0.508 e. The van der Waals surface area contributed by atoms with E-state index in [1.807, 2.05) is 126 Å². The molecule has 17 heteroatoms. The summed E-state index contributed by atoms with van der Waals surface area (Å²) in [6.07, 6.45) is 5.35. The zero-order valence-corrected chi connectivity index (χ0v) is 57.9. The summed E-state index contributed by atoms with van der Waals surface area (Å²) in [5, 5.41) is 88.8. The number of benzene rings is 8. The van der Waals surface area contributed by atoms with Gasteiger partial charge in [0.25, 0.3) is 0 Å². The highest BCUT2D eigenvalue weighted by Crippen LogP contribution is 2.34. The van der Waals surface area contributed by atoms with Crippen molar-refractivity contribution in [1.29, 1.82) is 0 Å². The fraction of sp³-hybridized carbons (Fsp3) is 0.309. The monoisotopic (exact) mass is 1330 g/mol. The molecule has 8 rings (SSSR count). The molecule has 0 bridgehead atoms. The zero-order chi connectivity index (χ0) is 72.0. The van der Waals surface area contributed by atoms with E-state index in [1.54, 1.807) is 70.2 Å². The van der Waals surface area contributed by atoms with E-state index in [-0.39, 0.29) is 107 Å². The first-order valence-electron chi connectivity index (χ1n) is 33.0. The zero-order valence-electron chi connectivity index (χ0n) is 57.9. The highest BCUT2D eigenvalue weighted by Gasteiger charge is 2.19. The number of phenols is 9. The van der Waals surface area contributed by atoms with Gasteiger partial charge in [-0.3, -0.25) is 39.1 Å². The van der Waals surface area contributed by atoms with Crippen LogP contribution < -0.4 is 0 Å². The molecule has 0 amide bonds. The summed E-state index contributed by atoms with van der Waals surface area (Å²) in [5.74, 6) is 0.537. The Balaban J connectivity index is 0.000000236. The number of rotatable bonds is 27. The van der Waals surface area contributed by atoms with E-state index in [2.05, 4.69) is 26.0 Å². The Kier molecular flexibility index (Phi) is 31.4. The number of hydrogen-bond acceptors (Lipinski definition) is 17. The van der Waals surface area contributed by atoms with Crippen LogP contribution in [0.15, 0.2) is 178 Å². The first-order valence-corrected chi connectivity index (χ1v) is 33.0. The lowest BCUT2D eigenvalue weighted by molar-refractivity contribution is -0.118. The van der Waals surface area contributed by atoms with Crippen molar-refractivity contribution in [3.8, 4) is 51.7 Å². The van der Waals surface area contributed by atoms with Crippen molar-refractivity contribution < 1.29 is 65.1 Å². The first-order chi connectivity index (χ1) is 46.8. The largest absolute Gasteiger partial charge is 0.508 e. The number of nitrogens with zero attached hydrogens (tertiary/aromatic N) is 4. The molecule has 516 valence electrons. The molecule has 0 fully saturated rings. The molecule has 8 aromatic rings. The summed E-state index contributed by atoms with van der Waals surface area (Å²) in [7, 11) is 0. The van der Waals surface area contributed by atoms with Crippen LogP contribution >= 0.6 is 0 Å². The van der Waals surface area contributed by atoms with E-state index >= 15 is 0 Å². The molecule has 8 aromatic carbocycles. The summed E-state index contributed by atoms with van der Waals surface area (Å²) in [6, 6.07) is 47.1. The van der Waals surface area contributed by atoms with Gasteiger partial charge in [0.1, 0.15) is 51.7 Å². The van der Waals surface area contributed by atoms with Gasteiger partial charge in [0.05, 0.1) is 26.2 Å². The maximum Gasteiger partial charge on any atom is 0.158 e. The lowest BCUT2D eigenvalue weighted by Gasteiger charge is -2.12. The Morgan fingerprint density at radius 1 is 0.357 bits per heavy atom. The molecule has 0 heterocycles. The van der Waals surface area contributed by atoms with Crippen LogP contribution in [-0.2, 0) is 38.4 Å². The molecule has 1 atom stereocenters. The average molecular weight is 1330 g/mol. The Labute approximate surface area is 575 Å². The first kappa shape index (κ1) is 78.0. The Hall–Kier alpha value is -10.7. The molecular formula is C81H94N4O13. The summed E-state index contributed by atoms with van der Waals surface area (Å²) in [4.78, 5) is 66.1. The fourth-order valence-electron chi connectivity index (χ4n) is 10.4. The summed E-state index contributed by atoms with van der Waals surface area (Å²) in [5.41, 5.74) is 11.9. The summed E-state index contributed by atoms with van der Waals surface area (Å²) in [6.45, 7) is 18.5. The normalized spacial score (nSPS) is 11.9. The highest BCUT2D eigenvalue weighted by atomic mass is 16.3. The van der Waals surface area contributed by atoms with Crippen LogP contribution in [0.4, 0.5) is 0 Å². The van der Waals surface area contributed by atoms with E-state index < -0.39 is 0 Å². The molecule has 0 radical (unpaired) electrons. The topological polar surface area (TPSA) is 300 Å². The molecular weight excluding hydrogens is 1240 g/mol. The third-order valence-electron chi connectivity index (χ3n) is 16.5. The minimum absolute atomic E-state index is 0.00817. The van der Waals surface area contributed by atoms with E-state index in [1.165, 1.54) is 29.8 Å². The molecule has 0 aliphatic carbocycles. The van der Waals surface area contributed by atoms with Gasteiger partial charge in [-0.05, 0) is 162 Å². The van der Waals surface area contributed by atoms with Gasteiger partial charge in [0.2, 0.25) is 0 Å². The lowest BCUT2D eigenvalue weighted by Crippen LogP contribution is -2.10. The van der Waals surface area contributed by atoms with Gasteiger partial charge in [0, 0.05) is 93.0 Å². The maximum absolute atomic E-state index is 12.3. The van der Waals surface area contributed by atoms with E-state index in [0.29, 0.717) is 132 Å². The Morgan fingerprint density at radius 3 is 1.06 bits per heavy atom. The van der Waals surface area contributed by atoms with Gasteiger partial charge in [-0.25, -0.2) is 0 Å². The second-order valence-corrected chi connectivity index (χ2v) is 23.9. The molecule has 0 spiro atoms. The van der Waals surface area contributed by atoms with E-state index in [4.69, 9.17) is 0 Å². The van der Waals surface area contributed by atoms with Crippen molar-refractivity contribution >= 4 is 46.0 Å². The molecule has 0 aliphatic rings. The molecule has 0 saturated heterocycles. The van der Waals surface area contributed by atoms with Crippen LogP contribution in [0.2, 0.25) is 0 Å². The molecule has 98 heavy (non-hydrogen) atoms. The number of ketones is 4. The van der Waals surface area contributed by atoms with Crippen molar-refractivity contribution in [3.05, 3.63) is 230 Å². The third kappa shape index (κ3) is 23.9. The average Bonchev–Trinajstić information content (AvgIpc) is 0.852. The summed E-state index contributed by atoms with van der Waals surface area (Å²) >= 11 is 0. The standard InChI is InChI=1S/C21H25NO4.C21H25NO3.C20H23NO3.C19H21NO3/c1-4-19(18-8-9-20(25)14(3)21(18)26)22-12-17(24)10-13(2)15-6-5-7-16(23)11-15;1-4-19(18-10-11-20(24)15(3)21(18)25)22-13-17(23)9-8-16-7-5-6-14(2)12-16;1-3-18(17-11-12-19(23)14(2)20(17)24)21-13-16(22)10-9-15-7-5-4-6-8-15;1-3-17(16-9-10-18(22)13(2)19(16)23)20-12-15(21)11-14-7-5-4-6-8-14/h5-9,11,13,23,25-26H,4,10,12H2,1-3H3;5-7,10-12,24-25H,4,8-9,13H2,1-3H3;4-8,11-12,23-24H,3,9-10,13H2,1-2H3;4-10,22-23H,3,11-12H2,1-2H3. The second-order valence-electron chi connectivity index (χ2n) is 23.9. The number of hydrogen-bond donors (Lipinski definition) is 9. The van der Waals surface area contributed by atoms with Crippen molar-refractivity contribution in [2.24, 2.45) is 20.0 Å². The Bertz CT molecular complexity index is 4140. The number of carbonyl (C=O) groups excluding carboxylic acids is 4. The van der Waals surface area contributed by atoms with Crippen LogP contribution in [0.5, 0.6) is 51.7 Å². The SMILES string of the molecule is CCC(=NCC(=O)CC(C)c1cccc(O)c1)c1ccc(O)c(C)c1O.CCC(=NCC(=O)CCc1cccc(C)c1)c1ccc(O)c(C)c1O.CCC(=NCC(=O)CCc1ccccc1)c1ccc(O)c(C)c1O.CCC(=NCC(=O)Cc1ccccc1)c1ccc(O)c(C)c1O. The van der Waals surface area contributed by atoms with Crippen molar-refractivity contribution in [1.82, 2.24) is 0 Å². The van der Waals surface area contributed by atoms with Gasteiger partial charge in [-0.2, -0.15) is 0 Å². The molecule has 0 saturated carbocycles. The predicted molar refractivity (Wildman–Crippen MR) is 390 cm³/mol. The lowest BCUT2D eigenvalue weighted by atomic mass is 9.95. The van der Waals surface area contributed by atoms with E-state index in [9.17, 15) is 65.1 Å². The number of phenolic OH excluding ortho intramolecular Hbond substituents is 9. The third-order valence-corrected chi connectivity index (χ3v) is 16.5. The number of aromatic hydroxyl groups is 9. The van der Waals surface area contributed by atoms with Crippen LogP contribution in [0.25, 0.3) is 0 Å². The van der Waals surface area contributed by atoms with Crippen LogP contribution in [-0.4, -0.2) is 118 Å². The van der Waals surface area contributed by atoms with Gasteiger partial charge in [-0.1, -0.05) is 137 Å². The molecule has 0 aromatic heterocycles. The molecule has 17 nitrogen and oxygen atoms in total. The van der Waals surface area contributed by atoms with Crippen LogP contribution in [0, 0.1) is 34.6 Å². The van der Waals surface area contributed by atoms with Crippen LogP contribution in [0.1, 0.15) is 158 Å². The van der Waals surface area contributed by atoms with Gasteiger partial charge < -0.3 is 46.0 Å². The fourth-order valence-corrected chi connectivity index (χ4v) is 10.4. The predicted octanol–water partition coefficient (Wildman–Crippen LogP) is 15.4. The smallest absolute Gasteiger partial charge is 0.158 e. The quantitative estimate of drug-likeness (QED) is 0.0217. The Morgan fingerprint density at radius 2 is 0.694 bits per heavy atom.